The van der Waals surface area contributed by atoms with Gasteiger partial charge in [-0.15, -0.1) is 0 Å². The molecular weight excluding hydrogens is 303 g/mol. The quantitative estimate of drug-likeness (QED) is 0.843. The highest BCUT2D eigenvalue weighted by Gasteiger charge is 2.57. The predicted octanol–water partition coefficient (Wildman–Crippen LogP) is 0.855. The van der Waals surface area contributed by atoms with Crippen LogP contribution in [0.5, 0.6) is 0 Å². The number of alkyl halides is 3. The molecule has 1 saturated heterocycles. The summed E-state index contributed by atoms with van der Waals surface area (Å²) in [7, 11) is 1.37. The summed E-state index contributed by atoms with van der Waals surface area (Å²) in [5.41, 5.74) is -3.12. The molecule has 1 aromatic rings. The van der Waals surface area contributed by atoms with Crippen LogP contribution < -0.4 is 5.32 Å². The zero-order chi connectivity index (χ0) is 16.4. The number of imidazole rings is 1. The molecule has 1 fully saturated rings. The third-order valence-corrected chi connectivity index (χ3v) is 3.67. The number of ether oxygens (including phenoxy) is 1. The van der Waals surface area contributed by atoms with Crippen molar-refractivity contribution in [2.75, 3.05) is 13.2 Å². The minimum atomic E-state index is -4.90. The number of nitrogens with one attached hydrogen (secondary N) is 1. The summed E-state index contributed by atoms with van der Waals surface area (Å²) in [5.74, 6) is -0.965. The average molecular weight is 321 g/mol. The lowest BCUT2D eigenvalue weighted by atomic mass is 9.97. The molecule has 2 heterocycles. The third kappa shape index (κ3) is 3.25. The summed E-state index contributed by atoms with van der Waals surface area (Å²) >= 11 is 0. The number of rotatable bonds is 5. The fraction of sp³-hybridized carbons (Fsp3) is 0.692. The monoisotopic (exact) mass is 321 g/mol. The minimum absolute atomic E-state index is 0.332. The fourth-order valence-electron chi connectivity index (χ4n) is 2.41. The smallest absolute Gasteiger partial charge is 0.374 e. The molecule has 0 radical (unpaired) electrons. The second-order valence-corrected chi connectivity index (χ2v) is 5.26. The molecule has 0 spiro atoms. The van der Waals surface area contributed by atoms with E-state index < -0.39 is 36.0 Å². The Hall–Kier alpha value is -1.61. The number of amides is 1. The summed E-state index contributed by atoms with van der Waals surface area (Å²) in [6, 6.07) is 0. The van der Waals surface area contributed by atoms with Crippen LogP contribution in [-0.2, 0) is 22.2 Å². The van der Waals surface area contributed by atoms with Crippen molar-refractivity contribution in [1.82, 2.24) is 14.9 Å². The Balaban J connectivity index is 2.02. The van der Waals surface area contributed by atoms with Crippen LogP contribution in [0.25, 0.3) is 0 Å². The Morgan fingerprint density at radius 2 is 2.32 bits per heavy atom. The number of hydrogen-bond acceptors (Lipinski definition) is 4. The van der Waals surface area contributed by atoms with Crippen molar-refractivity contribution in [2.45, 2.75) is 37.1 Å². The van der Waals surface area contributed by atoms with Crippen molar-refractivity contribution >= 4 is 5.91 Å². The van der Waals surface area contributed by atoms with Gasteiger partial charge >= 0.3 is 6.18 Å². The SMILES string of the molecule is Cn1ccnc1C(O)(CCNC(=O)C1CCCO1)C(F)(F)F. The van der Waals surface area contributed by atoms with Crippen LogP contribution in [0, 0.1) is 0 Å². The number of aryl methyl sites for hydroxylation is 1. The van der Waals surface area contributed by atoms with E-state index in [-0.39, 0.29) is 6.54 Å². The van der Waals surface area contributed by atoms with E-state index >= 15 is 0 Å². The molecule has 124 valence electrons. The highest BCUT2D eigenvalue weighted by molar-refractivity contribution is 5.80. The first-order valence-electron chi connectivity index (χ1n) is 6.92. The third-order valence-electron chi connectivity index (χ3n) is 3.67. The van der Waals surface area contributed by atoms with E-state index in [0.29, 0.717) is 13.0 Å². The van der Waals surface area contributed by atoms with Gasteiger partial charge in [0.15, 0.2) is 0 Å². The molecule has 1 amide bonds. The second kappa shape index (κ2) is 6.25. The highest BCUT2D eigenvalue weighted by Crippen LogP contribution is 2.40. The van der Waals surface area contributed by atoms with E-state index in [4.69, 9.17) is 4.74 Å². The first kappa shape index (κ1) is 16.8. The molecule has 2 unspecified atom stereocenters. The maximum Gasteiger partial charge on any atom is 0.424 e. The summed E-state index contributed by atoms with van der Waals surface area (Å²) in [6.45, 7) is 0.138. The number of carbonyl (C=O) groups excluding carboxylic acids is 1. The van der Waals surface area contributed by atoms with Crippen molar-refractivity contribution in [3.05, 3.63) is 18.2 Å². The molecule has 0 aliphatic carbocycles. The van der Waals surface area contributed by atoms with E-state index in [0.717, 1.165) is 11.0 Å². The molecule has 1 aromatic heterocycles. The number of nitrogens with zero attached hydrogens (tertiary/aromatic N) is 2. The van der Waals surface area contributed by atoms with Crippen LogP contribution >= 0.6 is 0 Å². The zero-order valence-corrected chi connectivity index (χ0v) is 12.1. The fourth-order valence-corrected chi connectivity index (χ4v) is 2.41. The van der Waals surface area contributed by atoms with Crippen molar-refractivity contribution in [3.8, 4) is 0 Å². The molecule has 22 heavy (non-hydrogen) atoms. The molecule has 0 saturated carbocycles. The van der Waals surface area contributed by atoms with Gasteiger partial charge < -0.3 is 19.7 Å². The lowest BCUT2D eigenvalue weighted by molar-refractivity contribution is -0.272. The first-order valence-corrected chi connectivity index (χ1v) is 6.92. The summed E-state index contributed by atoms with van der Waals surface area (Å²) in [5, 5.41) is 12.4. The van der Waals surface area contributed by atoms with Gasteiger partial charge in [-0.1, -0.05) is 0 Å². The van der Waals surface area contributed by atoms with E-state index in [1.807, 2.05) is 0 Å². The van der Waals surface area contributed by atoms with E-state index in [9.17, 15) is 23.1 Å². The van der Waals surface area contributed by atoms with Gasteiger partial charge in [-0.3, -0.25) is 4.79 Å². The number of halogens is 3. The molecule has 2 N–H and O–H groups in total. The van der Waals surface area contributed by atoms with Crippen LogP contribution in [0.4, 0.5) is 13.2 Å². The van der Waals surface area contributed by atoms with Crippen LogP contribution in [0.15, 0.2) is 12.4 Å². The average Bonchev–Trinajstić information content (AvgIpc) is 3.07. The lowest BCUT2D eigenvalue weighted by Crippen LogP contribution is -2.47. The van der Waals surface area contributed by atoms with Gasteiger partial charge in [0.1, 0.15) is 11.9 Å². The van der Waals surface area contributed by atoms with Crippen LogP contribution in [0.1, 0.15) is 25.1 Å². The minimum Gasteiger partial charge on any atom is -0.374 e. The van der Waals surface area contributed by atoms with Gasteiger partial charge in [0.25, 0.3) is 0 Å². The molecule has 1 aliphatic rings. The number of carbonyl (C=O) groups is 1. The molecule has 0 bridgehead atoms. The maximum absolute atomic E-state index is 13.2. The van der Waals surface area contributed by atoms with Gasteiger partial charge in [0.2, 0.25) is 11.5 Å². The summed E-state index contributed by atoms with van der Waals surface area (Å²) < 4.78 is 45.9. The van der Waals surface area contributed by atoms with Crippen molar-refractivity contribution in [3.63, 3.8) is 0 Å². The van der Waals surface area contributed by atoms with E-state index in [1.54, 1.807) is 0 Å². The highest BCUT2D eigenvalue weighted by atomic mass is 19.4. The van der Waals surface area contributed by atoms with Crippen LogP contribution in [-0.4, -0.2) is 46.0 Å². The Morgan fingerprint density at radius 3 is 2.82 bits per heavy atom. The standard InChI is InChI=1S/C13H18F3N3O3/c1-19-7-6-18-11(19)12(21,13(14,15)16)4-5-17-10(20)9-3-2-8-22-9/h6-7,9,21H,2-5,8H2,1H3,(H,17,20). The van der Waals surface area contributed by atoms with Gasteiger partial charge in [-0.05, 0) is 12.8 Å². The van der Waals surface area contributed by atoms with Crippen molar-refractivity contribution in [1.29, 1.82) is 0 Å². The van der Waals surface area contributed by atoms with Gasteiger partial charge in [0, 0.05) is 39.0 Å². The Labute approximate surface area is 125 Å². The van der Waals surface area contributed by atoms with Gasteiger partial charge in [-0.2, -0.15) is 13.2 Å². The lowest BCUT2D eigenvalue weighted by Gasteiger charge is -2.30. The molecule has 6 nitrogen and oxygen atoms in total. The number of aliphatic hydroxyl groups is 1. The summed E-state index contributed by atoms with van der Waals surface area (Å²) in [6.07, 6.45) is -2.45. The molecule has 0 aromatic carbocycles. The number of aromatic nitrogens is 2. The molecular formula is C13H18F3N3O3. The van der Waals surface area contributed by atoms with Gasteiger partial charge in [0.05, 0.1) is 0 Å². The number of hydrogen-bond donors (Lipinski definition) is 2. The van der Waals surface area contributed by atoms with Crippen LogP contribution in [0.3, 0.4) is 0 Å². The molecule has 2 rings (SSSR count). The largest absolute Gasteiger partial charge is 0.424 e. The van der Waals surface area contributed by atoms with E-state index in [1.165, 1.54) is 19.4 Å². The van der Waals surface area contributed by atoms with Crippen LogP contribution in [0.2, 0.25) is 0 Å². The second-order valence-electron chi connectivity index (χ2n) is 5.26. The van der Waals surface area contributed by atoms with Crippen molar-refractivity contribution in [2.24, 2.45) is 7.05 Å². The topological polar surface area (TPSA) is 76.4 Å². The normalized spacial score (nSPS) is 21.6. The Morgan fingerprint density at radius 1 is 1.59 bits per heavy atom. The predicted molar refractivity (Wildman–Crippen MR) is 69.8 cm³/mol. The summed E-state index contributed by atoms with van der Waals surface area (Å²) in [4.78, 5) is 15.3. The molecule has 9 heteroatoms. The molecule has 1 aliphatic heterocycles. The Bertz CT molecular complexity index is 526. The van der Waals surface area contributed by atoms with E-state index in [2.05, 4.69) is 10.3 Å². The Kier molecular flexibility index (Phi) is 4.76. The van der Waals surface area contributed by atoms with Crippen molar-refractivity contribution < 1.29 is 27.8 Å². The van der Waals surface area contributed by atoms with Gasteiger partial charge in [-0.25, -0.2) is 4.98 Å². The maximum atomic E-state index is 13.2. The molecule has 2 atom stereocenters. The first-order chi connectivity index (χ1) is 10.3. The zero-order valence-electron chi connectivity index (χ0n) is 12.1.